The maximum atomic E-state index is 12.7. The zero-order valence-corrected chi connectivity index (χ0v) is 15.4. The monoisotopic (exact) mass is 351 g/mol. The molecule has 1 fully saturated rings. The molecule has 0 saturated carbocycles. The first-order chi connectivity index (χ1) is 12.7. The smallest absolute Gasteiger partial charge is 0.247 e. The van der Waals surface area contributed by atoms with Crippen LogP contribution in [0.4, 0.5) is 0 Å². The van der Waals surface area contributed by atoms with Gasteiger partial charge in [-0.15, -0.1) is 0 Å². The Labute approximate surface area is 155 Å². The van der Waals surface area contributed by atoms with E-state index in [1.807, 2.05) is 54.3 Å². The molecule has 136 valence electrons. The number of amides is 1. The summed E-state index contributed by atoms with van der Waals surface area (Å²) < 4.78 is 10.9. The summed E-state index contributed by atoms with van der Waals surface area (Å²) in [5, 5.41) is 0. The molecule has 1 saturated heterocycles. The molecule has 1 aliphatic rings. The average molecular weight is 351 g/mol. The SMILES string of the molecule is CCOc1ccc(/C=C/C(=O)N2CCCC2c2ccccc2)cc1OC. The molecular weight excluding hydrogens is 326 g/mol. The fourth-order valence-electron chi connectivity index (χ4n) is 3.38. The number of rotatable bonds is 6. The first kappa shape index (κ1) is 18.1. The molecule has 0 radical (unpaired) electrons. The van der Waals surface area contributed by atoms with E-state index in [4.69, 9.17) is 9.47 Å². The maximum Gasteiger partial charge on any atom is 0.247 e. The fraction of sp³-hybridized carbons (Fsp3) is 0.318. The molecule has 0 spiro atoms. The quantitative estimate of drug-likeness (QED) is 0.721. The second kappa shape index (κ2) is 8.56. The van der Waals surface area contributed by atoms with E-state index < -0.39 is 0 Å². The molecule has 0 bridgehead atoms. The number of carbonyl (C=O) groups excluding carboxylic acids is 1. The Morgan fingerprint density at radius 2 is 2.00 bits per heavy atom. The molecule has 4 nitrogen and oxygen atoms in total. The lowest BCUT2D eigenvalue weighted by Gasteiger charge is -2.23. The van der Waals surface area contributed by atoms with Crippen LogP contribution in [0.3, 0.4) is 0 Å². The molecular formula is C22H25NO3. The van der Waals surface area contributed by atoms with Crippen LogP contribution in [0.1, 0.15) is 36.9 Å². The van der Waals surface area contributed by atoms with Crippen LogP contribution in [0.2, 0.25) is 0 Å². The fourth-order valence-corrected chi connectivity index (χ4v) is 3.38. The van der Waals surface area contributed by atoms with Gasteiger partial charge in [0.05, 0.1) is 19.8 Å². The van der Waals surface area contributed by atoms with Crippen LogP contribution in [-0.4, -0.2) is 31.1 Å². The molecule has 4 heteroatoms. The van der Waals surface area contributed by atoms with Gasteiger partial charge in [-0.3, -0.25) is 4.79 Å². The predicted molar refractivity (Wildman–Crippen MR) is 103 cm³/mol. The summed E-state index contributed by atoms with van der Waals surface area (Å²) in [4.78, 5) is 14.7. The molecule has 3 rings (SSSR count). The Balaban J connectivity index is 1.73. The van der Waals surface area contributed by atoms with Crippen LogP contribution in [0, 0.1) is 0 Å². The van der Waals surface area contributed by atoms with E-state index in [1.165, 1.54) is 5.56 Å². The molecule has 0 aliphatic carbocycles. The number of benzene rings is 2. The Morgan fingerprint density at radius 3 is 2.73 bits per heavy atom. The maximum absolute atomic E-state index is 12.7. The Bertz CT molecular complexity index is 770. The summed E-state index contributed by atoms with van der Waals surface area (Å²) in [6.07, 6.45) is 5.54. The third kappa shape index (κ3) is 4.07. The molecule has 0 aromatic heterocycles. The molecule has 1 unspecified atom stereocenters. The zero-order chi connectivity index (χ0) is 18.4. The predicted octanol–water partition coefficient (Wildman–Crippen LogP) is 4.47. The third-order valence-corrected chi connectivity index (χ3v) is 4.63. The summed E-state index contributed by atoms with van der Waals surface area (Å²) in [6, 6.07) is 16.1. The highest BCUT2D eigenvalue weighted by molar-refractivity contribution is 5.92. The van der Waals surface area contributed by atoms with Gasteiger partial charge >= 0.3 is 0 Å². The summed E-state index contributed by atoms with van der Waals surface area (Å²) in [5.74, 6) is 1.43. The van der Waals surface area contributed by atoms with E-state index >= 15 is 0 Å². The summed E-state index contributed by atoms with van der Waals surface area (Å²) >= 11 is 0. The Morgan fingerprint density at radius 1 is 1.19 bits per heavy atom. The molecule has 1 atom stereocenters. The van der Waals surface area contributed by atoms with Crippen LogP contribution in [0.5, 0.6) is 11.5 Å². The van der Waals surface area contributed by atoms with E-state index in [-0.39, 0.29) is 11.9 Å². The number of likely N-dealkylation sites (tertiary alicyclic amines) is 1. The number of methoxy groups -OCH3 is 1. The first-order valence-corrected chi connectivity index (χ1v) is 9.07. The van der Waals surface area contributed by atoms with Gasteiger partial charge in [-0.05, 0) is 49.1 Å². The van der Waals surface area contributed by atoms with Gasteiger partial charge < -0.3 is 14.4 Å². The Hall–Kier alpha value is -2.75. The van der Waals surface area contributed by atoms with Crippen molar-refractivity contribution in [2.45, 2.75) is 25.8 Å². The number of carbonyl (C=O) groups is 1. The van der Waals surface area contributed by atoms with Gasteiger partial charge in [0.2, 0.25) is 5.91 Å². The van der Waals surface area contributed by atoms with Gasteiger partial charge in [0, 0.05) is 12.6 Å². The number of hydrogen-bond donors (Lipinski definition) is 0. The van der Waals surface area contributed by atoms with Crippen LogP contribution in [0.15, 0.2) is 54.6 Å². The number of ether oxygens (including phenoxy) is 2. The minimum absolute atomic E-state index is 0.0456. The van der Waals surface area contributed by atoms with Crippen molar-refractivity contribution >= 4 is 12.0 Å². The largest absolute Gasteiger partial charge is 0.493 e. The highest BCUT2D eigenvalue weighted by Crippen LogP contribution is 2.32. The summed E-state index contributed by atoms with van der Waals surface area (Å²) in [5.41, 5.74) is 2.11. The Kier molecular flexibility index (Phi) is 5.95. The van der Waals surface area contributed by atoms with Crippen LogP contribution in [-0.2, 0) is 4.79 Å². The minimum Gasteiger partial charge on any atom is -0.493 e. The van der Waals surface area contributed by atoms with E-state index in [9.17, 15) is 4.79 Å². The van der Waals surface area contributed by atoms with E-state index in [0.29, 0.717) is 18.1 Å². The molecule has 1 heterocycles. The molecule has 0 N–H and O–H groups in total. The van der Waals surface area contributed by atoms with Crippen molar-refractivity contribution < 1.29 is 14.3 Å². The van der Waals surface area contributed by atoms with Crippen molar-refractivity contribution in [3.05, 3.63) is 65.7 Å². The standard InChI is InChI=1S/C22H25NO3/c1-3-26-20-13-11-17(16-21(20)25-2)12-14-22(24)23-15-7-10-19(23)18-8-5-4-6-9-18/h4-6,8-9,11-14,16,19H,3,7,10,15H2,1-2H3/b14-12+. The van der Waals surface area contributed by atoms with Gasteiger partial charge in [0.15, 0.2) is 11.5 Å². The first-order valence-electron chi connectivity index (χ1n) is 9.07. The van der Waals surface area contributed by atoms with Gasteiger partial charge in [-0.1, -0.05) is 36.4 Å². The third-order valence-electron chi connectivity index (χ3n) is 4.63. The van der Waals surface area contributed by atoms with Crippen molar-refractivity contribution in [1.29, 1.82) is 0 Å². The second-order valence-electron chi connectivity index (χ2n) is 6.28. The van der Waals surface area contributed by atoms with E-state index in [1.54, 1.807) is 13.2 Å². The van der Waals surface area contributed by atoms with E-state index in [0.717, 1.165) is 24.9 Å². The molecule has 1 aliphatic heterocycles. The highest BCUT2D eigenvalue weighted by atomic mass is 16.5. The minimum atomic E-state index is 0.0456. The molecule has 2 aromatic rings. The zero-order valence-electron chi connectivity index (χ0n) is 15.4. The molecule has 26 heavy (non-hydrogen) atoms. The van der Waals surface area contributed by atoms with Gasteiger partial charge in [-0.25, -0.2) is 0 Å². The number of hydrogen-bond acceptors (Lipinski definition) is 3. The van der Waals surface area contributed by atoms with Gasteiger partial charge in [0.1, 0.15) is 0 Å². The lowest BCUT2D eigenvalue weighted by molar-refractivity contribution is -0.126. The van der Waals surface area contributed by atoms with Crippen molar-refractivity contribution in [2.75, 3.05) is 20.3 Å². The molecule has 1 amide bonds. The molecule has 2 aromatic carbocycles. The van der Waals surface area contributed by atoms with Crippen LogP contribution >= 0.6 is 0 Å². The summed E-state index contributed by atoms with van der Waals surface area (Å²) in [6.45, 7) is 3.32. The van der Waals surface area contributed by atoms with Gasteiger partial charge in [-0.2, -0.15) is 0 Å². The second-order valence-corrected chi connectivity index (χ2v) is 6.28. The van der Waals surface area contributed by atoms with Crippen molar-refractivity contribution in [3.63, 3.8) is 0 Å². The summed E-state index contributed by atoms with van der Waals surface area (Å²) in [7, 11) is 1.62. The van der Waals surface area contributed by atoms with Crippen LogP contribution in [0.25, 0.3) is 6.08 Å². The lowest BCUT2D eigenvalue weighted by Crippen LogP contribution is -2.28. The highest BCUT2D eigenvalue weighted by Gasteiger charge is 2.28. The van der Waals surface area contributed by atoms with Crippen LogP contribution < -0.4 is 9.47 Å². The topological polar surface area (TPSA) is 38.8 Å². The van der Waals surface area contributed by atoms with Crippen molar-refractivity contribution in [1.82, 2.24) is 4.90 Å². The number of nitrogens with zero attached hydrogens (tertiary/aromatic N) is 1. The normalized spacial score (nSPS) is 16.8. The van der Waals surface area contributed by atoms with Gasteiger partial charge in [0.25, 0.3) is 0 Å². The average Bonchev–Trinajstić information content (AvgIpc) is 3.18. The van der Waals surface area contributed by atoms with E-state index in [2.05, 4.69) is 12.1 Å². The lowest BCUT2D eigenvalue weighted by atomic mass is 10.0. The van der Waals surface area contributed by atoms with Crippen molar-refractivity contribution in [3.8, 4) is 11.5 Å². The van der Waals surface area contributed by atoms with Crippen molar-refractivity contribution in [2.24, 2.45) is 0 Å².